The normalized spacial score (nSPS) is 16.5. The Morgan fingerprint density at radius 2 is 1.77 bits per heavy atom. The summed E-state index contributed by atoms with van der Waals surface area (Å²) in [5, 5.41) is 14.2. The maximum atomic E-state index is 13.5. The number of aryl methyl sites for hydroxylation is 1. The van der Waals surface area contributed by atoms with Crippen LogP contribution in [0, 0.1) is 12.8 Å². The van der Waals surface area contributed by atoms with E-state index >= 15 is 0 Å². The Labute approximate surface area is 227 Å². The van der Waals surface area contributed by atoms with E-state index in [0.29, 0.717) is 46.5 Å². The summed E-state index contributed by atoms with van der Waals surface area (Å²) < 4.78 is 11.2. The number of nitrogens with zero attached hydrogens (tertiary/aromatic N) is 1. The molecule has 1 fully saturated rings. The molecule has 1 atom stereocenters. The second-order valence-electron chi connectivity index (χ2n) is 9.86. The summed E-state index contributed by atoms with van der Waals surface area (Å²) in [5.41, 5.74) is 2.74. The number of aliphatic hydroxyl groups is 1. The summed E-state index contributed by atoms with van der Waals surface area (Å²) in [7, 11) is 1.53. The van der Waals surface area contributed by atoms with E-state index in [4.69, 9.17) is 9.47 Å². The first-order valence-electron chi connectivity index (χ1n) is 12.7. The van der Waals surface area contributed by atoms with Crippen LogP contribution in [0.2, 0.25) is 0 Å². The van der Waals surface area contributed by atoms with Gasteiger partial charge in [0.25, 0.3) is 11.7 Å². The van der Waals surface area contributed by atoms with Gasteiger partial charge in [0, 0.05) is 23.9 Å². The van der Waals surface area contributed by atoms with Crippen molar-refractivity contribution in [2.24, 2.45) is 5.92 Å². The summed E-state index contributed by atoms with van der Waals surface area (Å²) in [6.45, 7) is 7.93. The minimum absolute atomic E-state index is 0.0329. The molecule has 0 aliphatic carbocycles. The molecule has 2 amide bonds. The van der Waals surface area contributed by atoms with E-state index in [9.17, 15) is 19.5 Å². The second-order valence-corrected chi connectivity index (χ2v) is 9.86. The summed E-state index contributed by atoms with van der Waals surface area (Å²) in [6, 6.07) is 17.9. The van der Waals surface area contributed by atoms with Crippen LogP contribution in [0.4, 0.5) is 11.4 Å². The smallest absolute Gasteiger partial charge is 0.300 e. The van der Waals surface area contributed by atoms with Gasteiger partial charge in [0.05, 0.1) is 25.3 Å². The Hall–Kier alpha value is -4.59. The van der Waals surface area contributed by atoms with Crippen LogP contribution in [0.3, 0.4) is 0 Å². The van der Waals surface area contributed by atoms with E-state index in [1.807, 2.05) is 6.92 Å². The van der Waals surface area contributed by atoms with E-state index < -0.39 is 17.7 Å². The van der Waals surface area contributed by atoms with E-state index in [-0.39, 0.29) is 17.2 Å². The Kier molecular flexibility index (Phi) is 8.04. The molecule has 8 nitrogen and oxygen atoms in total. The molecule has 39 heavy (non-hydrogen) atoms. The molecule has 0 radical (unpaired) electrons. The molecule has 0 saturated carbocycles. The van der Waals surface area contributed by atoms with Gasteiger partial charge < -0.3 is 19.9 Å². The lowest BCUT2D eigenvalue weighted by molar-refractivity contribution is -0.132. The van der Waals surface area contributed by atoms with Crippen molar-refractivity contribution < 1.29 is 29.0 Å². The van der Waals surface area contributed by atoms with Gasteiger partial charge in [-0.25, -0.2) is 0 Å². The van der Waals surface area contributed by atoms with Crippen molar-refractivity contribution >= 4 is 34.7 Å². The molecular weight excluding hydrogens is 496 g/mol. The molecular formula is C31H32N2O6. The zero-order valence-electron chi connectivity index (χ0n) is 22.6. The van der Waals surface area contributed by atoms with E-state index in [1.54, 1.807) is 66.7 Å². The van der Waals surface area contributed by atoms with Gasteiger partial charge in [0.15, 0.2) is 0 Å². The van der Waals surface area contributed by atoms with Crippen molar-refractivity contribution in [3.8, 4) is 11.5 Å². The highest BCUT2D eigenvalue weighted by Gasteiger charge is 2.47. The van der Waals surface area contributed by atoms with Crippen LogP contribution in [0.5, 0.6) is 11.5 Å². The molecule has 4 rings (SSSR count). The molecule has 2 N–H and O–H groups in total. The maximum Gasteiger partial charge on any atom is 0.300 e. The van der Waals surface area contributed by atoms with Crippen LogP contribution in [-0.2, 0) is 14.4 Å². The Morgan fingerprint density at radius 1 is 1.05 bits per heavy atom. The number of ether oxygens (including phenoxy) is 2. The number of amides is 2. The molecule has 3 aromatic rings. The Balaban J connectivity index is 1.83. The Morgan fingerprint density at radius 3 is 2.38 bits per heavy atom. The van der Waals surface area contributed by atoms with Crippen molar-refractivity contribution in [1.82, 2.24) is 0 Å². The fourth-order valence-electron chi connectivity index (χ4n) is 4.51. The molecule has 0 spiro atoms. The highest BCUT2D eigenvalue weighted by atomic mass is 16.5. The third kappa shape index (κ3) is 5.80. The maximum absolute atomic E-state index is 13.5. The molecule has 0 aromatic heterocycles. The van der Waals surface area contributed by atoms with Gasteiger partial charge in [-0.05, 0) is 78.6 Å². The van der Waals surface area contributed by atoms with Gasteiger partial charge in [-0.15, -0.1) is 0 Å². The zero-order valence-corrected chi connectivity index (χ0v) is 22.6. The van der Waals surface area contributed by atoms with E-state index in [2.05, 4.69) is 19.2 Å². The number of nitrogens with one attached hydrogen (secondary N) is 1. The second kappa shape index (κ2) is 11.4. The number of benzene rings is 3. The third-order valence-electron chi connectivity index (χ3n) is 6.34. The standard InChI is InChI=1S/C31H32N2O6/c1-18(2)17-39-26-14-9-22(15-19(26)3)29(35)27-28(21-7-6-8-25(16-21)38-5)33(31(37)30(27)36)24-12-10-23(11-13-24)32-20(4)34/h6-16,18,28,35H,17H2,1-5H3,(H,32,34)/b29-27-. The van der Waals surface area contributed by atoms with Crippen LogP contribution in [-0.4, -0.2) is 36.4 Å². The molecule has 1 aliphatic rings. The van der Waals surface area contributed by atoms with Gasteiger partial charge >= 0.3 is 0 Å². The number of methoxy groups -OCH3 is 1. The minimum atomic E-state index is -0.913. The molecule has 1 heterocycles. The predicted molar refractivity (Wildman–Crippen MR) is 150 cm³/mol. The van der Waals surface area contributed by atoms with Gasteiger partial charge in [-0.2, -0.15) is 0 Å². The number of ketones is 1. The van der Waals surface area contributed by atoms with Gasteiger partial charge in [-0.3, -0.25) is 19.3 Å². The molecule has 202 valence electrons. The summed E-state index contributed by atoms with van der Waals surface area (Å²) in [5.74, 6) is -0.503. The summed E-state index contributed by atoms with van der Waals surface area (Å²) in [4.78, 5) is 39.7. The lowest BCUT2D eigenvalue weighted by Crippen LogP contribution is -2.29. The van der Waals surface area contributed by atoms with Crippen molar-refractivity contribution in [2.75, 3.05) is 23.9 Å². The number of carbonyl (C=O) groups excluding carboxylic acids is 3. The van der Waals surface area contributed by atoms with Crippen molar-refractivity contribution in [1.29, 1.82) is 0 Å². The van der Waals surface area contributed by atoms with Gasteiger partial charge in [0.2, 0.25) is 5.91 Å². The van der Waals surface area contributed by atoms with Crippen LogP contribution in [0.25, 0.3) is 5.76 Å². The quantitative estimate of drug-likeness (QED) is 0.223. The first-order valence-corrected chi connectivity index (χ1v) is 12.7. The molecule has 0 bridgehead atoms. The van der Waals surface area contributed by atoms with Gasteiger partial charge in [-0.1, -0.05) is 26.0 Å². The molecule has 8 heteroatoms. The van der Waals surface area contributed by atoms with Crippen molar-refractivity contribution in [2.45, 2.75) is 33.7 Å². The molecule has 1 aliphatic heterocycles. The third-order valence-corrected chi connectivity index (χ3v) is 6.34. The number of Topliss-reactive ketones (excluding diaryl/α,β-unsaturated/α-hetero) is 1. The highest BCUT2D eigenvalue weighted by molar-refractivity contribution is 6.51. The van der Waals surface area contributed by atoms with Crippen molar-refractivity contribution in [3.63, 3.8) is 0 Å². The monoisotopic (exact) mass is 528 g/mol. The predicted octanol–water partition coefficient (Wildman–Crippen LogP) is 5.62. The minimum Gasteiger partial charge on any atom is -0.507 e. The first-order chi connectivity index (χ1) is 18.6. The number of hydrogen-bond donors (Lipinski definition) is 2. The lowest BCUT2D eigenvalue weighted by Gasteiger charge is -2.26. The number of anilines is 2. The molecule has 3 aromatic carbocycles. The number of carbonyl (C=O) groups is 3. The Bertz CT molecular complexity index is 1440. The largest absolute Gasteiger partial charge is 0.507 e. The average Bonchev–Trinajstić information content (AvgIpc) is 3.17. The highest BCUT2D eigenvalue weighted by Crippen LogP contribution is 2.43. The van der Waals surface area contributed by atoms with Crippen LogP contribution < -0.4 is 19.7 Å². The number of rotatable bonds is 8. The summed E-state index contributed by atoms with van der Waals surface area (Å²) in [6.07, 6.45) is 0. The number of aliphatic hydroxyl groups excluding tert-OH is 1. The fraction of sp³-hybridized carbons (Fsp3) is 0.258. The average molecular weight is 529 g/mol. The summed E-state index contributed by atoms with van der Waals surface area (Å²) >= 11 is 0. The van der Waals surface area contributed by atoms with E-state index in [0.717, 1.165) is 5.56 Å². The SMILES string of the molecule is COc1cccc(C2/C(=C(/O)c3ccc(OCC(C)C)c(C)c3)C(=O)C(=O)N2c2ccc(NC(C)=O)cc2)c1. The van der Waals surface area contributed by atoms with Gasteiger partial charge in [0.1, 0.15) is 17.3 Å². The number of hydrogen-bond acceptors (Lipinski definition) is 6. The fourth-order valence-corrected chi connectivity index (χ4v) is 4.51. The van der Waals surface area contributed by atoms with E-state index in [1.165, 1.54) is 18.9 Å². The lowest BCUT2D eigenvalue weighted by atomic mass is 9.94. The molecule has 1 saturated heterocycles. The zero-order chi connectivity index (χ0) is 28.3. The topological polar surface area (TPSA) is 105 Å². The van der Waals surface area contributed by atoms with Crippen LogP contribution in [0.1, 0.15) is 43.5 Å². The van der Waals surface area contributed by atoms with Crippen LogP contribution in [0.15, 0.2) is 72.3 Å². The first kappa shape index (κ1) is 27.4. The molecule has 1 unspecified atom stereocenters. The van der Waals surface area contributed by atoms with Crippen molar-refractivity contribution in [3.05, 3.63) is 89.0 Å². The van der Waals surface area contributed by atoms with Crippen LogP contribution >= 0.6 is 0 Å².